The molecule has 7 nitrogen and oxygen atoms in total. The summed E-state index contributed by atoms with van der Waals surface area (Å²) in [4.78, 5) is 28.3. The molecule has 39 heavy (non-hydrogen) atoms. The number of anilines is 1. The minimum atomic E-state index is -4.07. The molecule has 2 amide bonds. The Bertz CT molecular complexity index is 1340. The van der Waals surface area contributed by atoms with Crippen molar-refractivity contribution in [1.82, 2.24) is 10.2 Å². The van der Waals surface area contributed by atoms with Gasteiger partial charge < -0.3 is 10.2 Å². The summed E-state index contributed by atoms with van der Waals surface area (Å²) in [5.74, 6) is -0.452. The second-order valence-corrected chi connectivity index (χ2v) is 11.8. The van der Waals surface area contributed by atoms with Crippen molar-refractivity contribution in [3.8, 4) is 0 Å². The lowest BCUT2D eigenvalue weighted by Gasteiger charge is -2.33. The van der Waals surface area contributed by atoms with E-state index in [9.17, 15) is 18.0 Å². The van der Waals surface area contributed by atoms with E-state index >= 15 is 0 Å². The number of hydrogen-bond acceptors (Lipinski definition) is 4. The van der Waals surface area contributed by atoms with Crippen molar-refractivity contribution in [2.75, 3.05) is 24.4 Å². The fourth-order valence-electron chi connectivity index (χ4n) is 4.45. The number of hydrogen-bond donors (Lipinski definition) is 1. The summed E-state index contributed by atoms with van der Waals surface area (Å²) in [6.45, 7) is 7.70. The number of likely N-dealkylation sites (N-methyl/N-ethyl adjacent to an activating group) is 1. The number of rotatable bonds is 12. The Morgan fingerprint density at radius 1 is 0.897 bits per heavy atom. The Morgan fingerprint density at radius 2 is 1.51 bits per heavy atom. The summed E-state index contributed by atoms with van der Waals surface area (Å²) in [7, 11) is -2.54. The molecule has 0 heterocycles. The minimum absolute atomic E-state index is 0.100. The second-order valence-electron chi connectivity index (χ2n) is 9.93. The van der Waals surface area contributed by atoms with Gasteiger partial charge in [0.1, 0.15) is 12.6 Å². The first kappa shape index (κ1) is 29.9. The van der Waals surface area contributed by atoms with Crippen LogP contribution in [-0.4, -0.2) is 51.3 Å². The molecule has 0 spiro atoms. The number of carbonyl (C=O) groups excluding carboxylic acids is 2. The van der Waals surface area contributed by atoms with Gasteiger partial charge >= 0.3 is 0 Å². The monoisotopic (exact) mass is 549 g/mol. The van der Waals surface area contributed by atoms with Crippen LogP contribution in [0.3, 0.4) is 0 Å². The molecule has 0 aromatic heterocycles. The lowest BCUT2D eigenvalue weighted by Crippen LogP contribution is -2.52. The second kappa shape index (κ2) is 13.4. The third-order valence-corrected chi connectivity index (χ3v) is 8.64. The van der Waals surface area contributed by atoms with Gasteiger partial charge in [-0.3, -0.25) is 13.9 Å². The summed E-state index contributed by atoms with van der Waals surface area (Å²) in [5.41, 5.74) is 3.41. The summed E-state index contributed by atoms with van der Waals surface area (Å²) in [6, 6.07) is 22.8. The van der Waals surface area contributed by atoms with Crippen LogP contribution in [0.1, 0.15) is 49.8 Å². The Morgan fingerprint density at radius 3 is 2.05 bits per heavy atom. The van der Waals surface area contributed by atoms with Crippen LogP contribution in [0.2, 0.25) is 0 Å². The van der Waals surface area contributed by atoms with Gasteiger partial charge in [0.05, 0.1) is 10.6 Å². The molecule has 8 heteroatoms. The normalized spacial score (nSPS) is 12.2. The first-order valence-corrected chi connectivity index (χ1v) is 14.8. The van der Waals surface area contributed by atoms with Crippen molar-refractivity contribution < 1.29 is 18.0 Å². The van der Waals surface area contributed by atoms with Crippen LogP contribution in [-0.2, 0) is 26.0 Å². The van der Waals surface area contributed by atoms with Crippen LogP contribution < -0.4 is 9.62 Å². The summed E-state index contributed by atoms with van der Waals surface area (Å²) in [6.07, 6.45) is 0.932. The molecule has 0 saturated carbocycles. The molecule has 0 unspecified atom stereocenters. The van der Waals surface area contributed by atoms with E-state index in [1.165, 1.54) is 11.9 Å². The highest BCUT2D eigenvalue weighted by Gasteiger charge is 2.33. The Labute approximate surface area is 232 Å². The lowest BCUT2D eigenvalue weighted by atomic mass is 10.0. The molecule has 0 aliphatic carbocycles. The number of carbonyl (C=O) groups is 2. The maximum atomic E-state index is 13.9. The zero-order valence-corrected chi connectivity index (χ0v) is 24.2. The van der Waals surface area contributed by atoms with Crippen molar-refractivity contribution in [2.45, 2.75) is 57.4 Å². The van der Waals surface area contributed by atoms with Crippen molar-refractivity contribution in [2.24, 2.45) is 0 Å². The highest BCUT2D eigenvalue weighted by atomic mass is 32.2. The third kappa shape index (κ3) is 7.47. The Hall–Kier alpha value is -3.65. The SMILES string of the molecule is CC[C@@H](C(=O)NC)N(CCc1ccccc1)C(=O)CN(c1ccc(C(C)C)cc1)S(=O)(=O)c1ccc(C)cc1. The standard InChI is InChI=1S/C31H39N3O4S/c1-6-29(31(36)32-5)33(21-20-25-10-8-7-9-11-25)30(35)22-34(27-16-14-26(15-17-27)23(2)3)39(37,38)28-18-12-24(4)13-19-28/h7-19,23,29H,6,20-22H2,1-5H3,(H,32,36)/t29-/m0/s1. The molecule has 0 saturated heterocycles. The van der Waals surface area contributed by atoms with E-state index in [-0.39, 0.29) is 23.3 Å². The molecular formula is C31H39N3O4S. The number of amides is 2. The van der Waals surface area contributed by atoms with E-state index in [1.807, 2.05) is 56.3 Å². The average molecular weight is 550 g/mol. The minimum Gasteiger partial charge on any atom is -0.357 e. The Balaban J connectivity index is 2.01. The largest absolute Gasteiger partial charge is 0.357 e. The Kier molecular flexibility index (Phi) is 10.3. The number of sulfonamides is 1. The topological polar surface area (TPSA) is 86.8 Å². The zero-order valence-electron chi connectivity index (χ0n) is 23.4. The fraction of sp³-hybridized carbons (Fsp3) is 0.355. The van der Waals surface area contributed by atoms with Gasteiger partial charge in [0.25, 0.3) is 10.0 Å². The molecule has 208 valence electrons. The van der Waals surface area contributed by atoms with Crippen LogP contribution in [0, 0.1) is 6.92 Å². The first-order valence-electron chi connectivity index (χ1n) is 13.3. The van der Waals surface area contributed by atoms with Gasteiger partial charge in [-0.1, -0.05) is 80.9 Å². The van der Waals surface area contributed by atoms with Crippen molar-refractivity contribution in [3.05, 3.63) is 95.6 Å². The predicted molar refractivity (Wildman–Crippen MR) is 156 cm³/mol. The molecule has 0 fully saturated rings. The molecule has 1 N–H and O–H groups in total. The molecule has 3 aromatic carbocycles. The molecular weight excluding hydrogens is 510 g/mol. The predicted octanol–water partition coefficient (Wildman–Crippen LogP) is 4.91. The van der Waals surface area contributed by atoms with Crippen LogP contribution in [0.4, 0.5) is 5.69 Å². The van der Waals surface area contributed by atoms with Gasteiger partial charge in [-0.25, -0.2) is 8.42 Å². The van der Waals surface area contributed by atoms with Crippen molar-refractivity contribution in [3.63, 3.8) is 0 Å². The number of benzene rings is 3. The smallest absolute Gasteiger partial charge is 0.264 e. The van der Waals surface area contributed by atoms with Crippen LogP contribution in [0.15, 0.2) is 83.8 Å². The lowest BCUT2D eigenvalue weighted by molar-refractivity contribution is -0.139. The van der Waals surface area contributed by atoms with Gasteiger partial charge in [0, 0.05) is 13.6 Å². The molecule has 0 aliphatic rings. The van der Waals surface area contributed by atoms with Crippen molar-refractivity contribution >= 4 is 27.5 Å². The van der Waals surface area contributed by atoms with Crippen molar-refractivity contribution in [1.29, 1.82) is 0 Å². The summed E-state index contributed by atoms with van der Waals surface area (Å²) < 4.78 is 29.0. The van der Waals surface area contributed by atoms with E-state index in [0.717, 1.165) is 21.0 Å². The van der Waals surface area contributed by atoms with E-state index in [2.05, 4.69) is 19.2 Å². The van der Waals surface area contributed by atoms with E-state index in [0.29, 0.717) is 18.5 Å². The molecule has 0 radical (unpaired) electrons. The fourth-order valence-corrected chi connectivity index (χ4v) is 5.87. The molecule has 1 atom stereocenters. The third-order valence-electron chi connectivity index (χ3n) is 6.85. The maximum Gasteiger partial charge on any atom is 0.264 e. The van der Waals surface area contributed by atoms with Gasteiger partial charge in [0.2, 0.25) is 11.8 Å². The number of nitrogens with one attached hydrogen (secondary N) is 1. The highest BCUT2D eigenvalue weighted by Crippen LogP contribution is 2.27. The highest BCUT2D eigenvalue weighted by molar-refractivity contribution is 7.92. The molecule has 3 rings (SSSR count). The van der Waals surface area contributed by atoms with Crippen LogP contribution in [0.25, 0.3) is 0 Å². The average Bonchev–Trinajstić information content (AvgIpc) is 2.94. The molecule has 3 aromatic rings. The first-order chi connectivity index (χ1) is 18.6. The zero-order chi connectivity index (χ0) is 28.6. The summed E-state index contributed by atoms with van der Waals surface area (Å²) >= 11 is 0. The van der Waals surface area contributed by atoms with E-state index < -0.39 is 28.5 Å². The van der Waals surface area contributed by atoms with Crippen LogP contribution in [0.5, 0.6) is 0 Å². The van der Waals surface area contributed by atoms with Gasteiger partial charge in [-0.15, -0.1) is 0 Å². The van der Waals surface area contributed by atoms with Gasteiger partial charge in [0.15, 0.2) is 0 Å². The van der Waals surface area contributed by atoms with E-state index in [4.69, 9.17) is 0 Å². The van der Waals surface area contributed by atoms with Gasteiger partial charge in [-0.05, 0) is 61.1 Å². The van der Waals surface area contributed by atoms with Crippen LogP contribution >= 0.6 is 0 Å². The number of nitrogens with zero attached hydrogens (tertiary/aromatic N) is 2. The molecule has 0 aliphatic heterocycles. The van der Waals surface area contributed by atoms with Gasteiger partial charge in [-0.2, -0.15) is 0 Å². The quantitative estimate of drug-likeness (QED) is 0.348. The van der Waals surface area contributed by atoms with E-state index in [1.54, 1.807) is 36.4 Å². The number of aryl methyl sites for hydroxylation is 1. The summed E-state index contributed by atoms with van der Waals surface area (Å²) in [5, 5.41) is 2.65. The molecule has 0 bridgehead atoms. The maximum absolute atomic E-state index is 13.9.